The van der Waals surface area contributed by atoms with Crippen molar-refractivity contribution in [1.29, 1.82) is 0 Å². The number of benzene rings is 1. The summed E-state index contributed by atoms with van der Waals surface area (Å²) in [5.41, 5.74) is 1.77. The van der Waals surface area contributed by atoms with Crippen LogP contribution in [0.25, 0.3) is 0 Å². The summed E-state index contributed by atoms with van der Waals surface area (Å²) in [6.07, 6.45) is 1.67. The molecule has 0 radical (unpaired) electrons. The lowest BCUT2D eigenvalue weighted by atomic mass is 10.0. The van der Waals surface area contributed by atoms with Gasteiger partial charge in [-0.15, -0.1) is 0 Å². The standard InChI is InChI=1S/C15H16N2O4/c1-9(15(19)20)7-11-3-5-12(6-4-11)17-14(18)13-10(2)21-8-16-13/h3-6,8-9H,7H2,1-2H3,(H,17,18)(H,19,20). The molecule has 1 aromatic carbocycles. The lowest BCUT2D eigenvalue weighted by Crippen LogP contribution is -2.14. The zero-order valence-corrected chi connectivity index (χ0v) is 11.8. The SMILES string of the molecule is Cc1ocnc1C(=O)Nc1ccc(CC(C)C(=O)O)cc1. The first kappa shape index (κ1) is 14.8. The van der Waals surface area contributed by atoms with E-state index in [9.17, 15) is 9.59 Å². The smallest absolute Gasteiger partial charge is 0.306 e. The maximum absolute atomic E-state index is 11.9. The zero-order valence-electron chi connectivity index (χ0n) is 11.8. The predicted molar refractivity (Wildman–Crippen MR) is 76.1 cm³/mol. The van der Waals surface area contributed by atoms with Gasteiger partial charge < -0.3 is 14.8 Å². The first-order valence-electron chi connectivity index (χ1n) is 6.50. The topological polar surface area (TPSA) is 92.4 Å². The Bertz CT molecular complexity index is 646. The van der Waals surface area contributed by atoms with E-state index in [0.29, 0.717) is 17.9 Å². The van der Waals surface area contributed by atoms with Crippen molar-refractivity contribution in [1.82, 2.24) is 4.98 Å². The predicted octanol–water partition coefficient (Wildman–Crippen LogP) is 2.50. The van der Waals surface area contributed by atoms with Gasteiger partial charge in [0, 0.05) is 5.69 Å². The van der Waals surface area contributed by atoms with Gasteiger partial charge in [-0.05, 0) is 31.0 Å². The number of carboxylic acids is 1. The highest BCUT2D eigenvalue weighted by atomic mass is 16.4. The molecule has 0 fully saturated rings. The summed E-state index contributed by atoms with van der Waals surface area (Å²) < 4.78 is 4.98. The summed E-state index contributed by atoms with van der Waals surface area (Å²) in [5, 5.41) is 11.6. The fourth-order valence-electron chi connectivity index (χ4n) is 1.88. The molecule has 1 atom stereocenters. The molecule has 0 saturated heterocycles. The van der Waals surface area contributed by atoms with Crippen LogP contribution >= 0.6 is 0 Å². The number of nitrogens with one attached hydrogen (secondary N) is 1. The molecule has 1 aromatic heterocycles. The third-order valence-electron chi connectivity index (χ3n) is 3.14. The molecule has 0 aliphatic heterocycles. The van der Waals surface area contributed by atoms with E-state index >= 15 is 0 Å². The molecule has 6 heteroatoms. The van der Waals surface area contributed by atoms with Crippen molar-refractivity contribution in [3.8, 4) is 0 Å². The van der Waals surface area contributed by atoms with Crippen molar-refractivity contribution in [2.45, 2.75) is 20.3 Å². The van der Waals surface area contributed by atoms with Crippen molar-refractivity contribution in [3.05, 3.63) is 47.7 Å². The number of aliphatic carboxylic acids is 1. The van der Waals surface area contributed by atoms with Gasteiger partial charge in [-0.3, -0.25) is 9.59 Å². The molecule has 2 aromatic rings. The Balaban J connectivity index is 2.01. The van der Waals surface area contributed by atoms with Crippen LogP contribution in [0.1, 0.15) is 28.7 Å². The summed E-state index contributed by atoms with van der Waals surface area (Å²) in [7, 11) is 0. The monoisotopic (exact) mass is 288 g/mol. The number of carbonyl (C=O) groups is 2. The van der Waals surface area contributed by atoms with Crippen molar-refractivity contribution in [2.75, 3.05) is 5.32 Å². The summed E-state index contributed by atoms with van der Waals surface area (Å²) in [5.74, 6) is -1.15. The van der Waals surface area contributed by atoms with Gasteiger partial charge in [0.05, 0.1) is 5.92 Å². The second-order valence-corrected chi connectivity index (χ2v) is 4.85. The van der Waals surface area contributed by atoms with Crippen LogP contribution in [0, 0.1) is 12.8 Å². The van der Waals surface area contributed by atoms with Gasteiger partial charge in [-0.1, -0.05) is 19.1 Å². The number of hydrogen-bond donors (Lipinski definition) is 2. The molecule has 0 spiro atoms. The molecule has 0 bridgehead atoms. The Morgan fingerprint density at radius 3 is 2.52 bits per heavy atom. The lowest BCUT2D eigenvalue weighted by Gasteiger charge is -2.08. The molecule has 0 aliphatic carbocycles. The second kappa shape index (κ2) is 6.21. The summed E-state index contributed by atoms with van der Waals surface area (Å²) >= 11 is 0. The first-order valence-corrected chi connectivity index (χ1v) is 6.50. The average Bonchev–Trinajstić information content (AvgIpc) is 2.87. The summed E-state index contributed by atoms with van der Waals surface area (Å²) in [6.45, 7) is 3.32. The number of rotatable bonds is 5. The maximum atomic E-state index is 11.9. The number of aromatic nitrogens is 1. The molecule has 110 valence electrons. The van der Waals surface area contributed by atoms with Crippen molar-refractivity contribution in [2.24, 2.45) is 5.92 Å². The number of hydrogen-bond acceptors (Lipinski definition) is 4. The largest absolute Gasteiger partial charge is 0.481 e. The third-order valence-corrected chi connectivity index (χ3v) is 3.14. The van der Waals surface area contributed by atoms with Crippen LogP contribution in [-0.2, 0) is 11.2 Å². The van der Waals surface area contributed by atoms with Gasteiger partial charge in [0.15, 0.2) is 12.1 Å². The molecule has 6 nitrogen and oxygen atoms in total. The minimum atomic E-state index is -0.825. The van der Waals surface area contributed by atoms with Crippen molar-refractivity contribution in [3.63, 3.8) is 0 Å². The number of amides is 1. The van der Waals surface area contributed by atoms with Gasteiger partial charge in [-0.2, -0.15) is 0 Å². The number of aryl methyl sites for hydroxylation is 1. The molecular formula is C15H16N2O4. The molecule has 1 heterocycles. The Morgan fingerprint density at radius 1 is 1.33 bits per heavy atom. The molecule has 0 saturated carbocycles. The number of anilines is 1. The Hall–Kier alpha value is -2.63. The minimum Gasteiger partial charge on any atom is -0.481 e. The summed E-state index contributed by atoms with van der Waals surface area (Å²) in [4.78, 5) is 26.6. The van der Waals surface area contributed by atoms with Crippen LogP contribution in [0.3, 0.4) is 0 Å². The van der Waals surface area contributed by atoms with Crippen LogP contribution in [0.15, 0.2) is 35.1 Å². The van der Waals surface area contributed by atoms with E-state index in [0.717, 1.165) is 5.56 Å². The molecule has 1 unspecified atom stereocenters. The normalized spacial score (nSPS) is 11.9. The Morgan fingerprint density at radius 2 is 2.00 bits per heavy atom. The van der Waals surface area contributed by atoms with E-state index in [1.165, 1.54) is 6.39 Å². The highest BCUT2D eigenvalue weighted by Crippen LogP contribution is 2.15. The molecule has 21 heavy (non-hydrogen) atoms. The first-order chi connectivity index (χ1) is 9.97. The van der Waals surface area contributed by atoms with Gasteiger partial charge in [0.1, 0.15) is 5.76 Å². The van der Waals surface area contributed by atoms with Gasteiger partial charge in [0.2, 0.25) is 0 Å². The van der Waals surface area contributed by atoms with Crippen LogP contribution in [-0.4, -0.2) is 22.0 Å². The van der Waals surface area contributed by atoms with Gasteiger partial charge in [-0.25, -0.2) is 4.98 Å². The van der Waals surface area contributed by atoms with Crippen LogP contribution in [0.4, 0.5) is 5.69 Å². The van der Waals surface area contributed by atoms with Crippen LogP contribution in [0.2, 0.25) is 0 Å². The zero-order chi connectivity index (χ0) is 15.4. The number of carbonyl (C=O) groups excluding carboxylic acids is 1. The Kier molecular flexibility index (Phi) is 4.37. The van der Waals surface area contributed by atoms with Crippen molar-refractivity contribution < 1.29 is 19.1 Å². The van der Waals surface area contributed by atoms with Crippen molar-refractivity contribution >= 4 is 17.6 Å². The van der Waals surface area contributed by atoms with E-state index in [1.807, 2.05) is 0 Å². The third kappa shape index (κ3) is 3.68. The van der Waals surface area contributed by atoms with Gasteiger partial charge >= 0.3 is 5.97 Å². The van der Waals surface area contributed by atoms with E-state index < -0.39 is 11.9 Å². The number of carboxylic acid groups (broad SMARTS) is 1. The average molecular weight is 288 g/mol. The number of oxazole rings is 1. The van der Waals surface area contributed by atoms with Crippen LogP contribution in [0.5, 0.6) is 0 Å². The maximum Gasteiger partial charge on any atom is 0.306 e. The summed E-state index contributed by atoms with van der Waals surface area (Å²) in [6, 6.07) is 7.06. The molecule has 0 aliphatic rings. The Labute approximate surface area is 121 Å². The van der Waals surface area contributed by atoms with E-state index in [2.05, 4.69) is 10.3 Å². The molecular weight excluding hydrogens is 272 g/mol. The number of nitrogens with zero attached hydrogens (tertiary/aromatic N) is 1. The second-order valence-electron chi connectivity index (χ2n) is 4.85. The lowest BCUT2D eigenvalue weighted by molar-refractivity contribution is -0.141. The quantitative estimate of drug-likeness (QED) is 0.881. The molecule has 2 N–H and O–H groups in total. The highest BCUT2D eigenvalue weighted by molar-refractivity contribution is 6.03. The van der Waals surface area contributed by atoms with Crippen LogP contribution < -0.4 is 5.32 Å². The van der Waals surface area contributed by atoms with E-state index in [-0.39, 0.29) is 11.6 Å². The molecule has 2 rings (SSSR count). The minimum absolute atomic E-state index is 0.249. The fourth-order valence-corrected chi connectivity index (χ4v) is 1.88. The fraction of sp³-hybridized carbons (Fsp3) is 0.267. The van der Waals surface area contributed by atoms with E-state index in [4.69, 9.17) is 9.52 Å². The highest BCUT2D eigenvalue weighted by Gasteiger charge is 2.14. The molecule has 1 amide bonds. The van der Waals surface area contributed by atoms with Gasteiger partial charge in [0.25, 0.3) is 5.91 Å². The van der Waals surface area contributed by atoms with E-state index in [1.54, 1.807) is 38.1 Å².